The number of likely N-dealkylation sites (N-methyl/N-ethyl adjacent to an activating group) is 1. The summed E-state index contributed by atoms with van der Waals surface area (Å²) >= 11 is 5.73. The summed E-state index contributed by atoms with van der Waals surface area (Å²) in [5.74, 6) is -3.47. The van der Waals surface area contributed by atoms with Crippen LogP contribution in [0.1, 0.15) is 10.6 Å². The molecule has 36 heavy (non-hydrogen) atoms. The van der Waals surface area contributed by atoms with Crippen LogP contribution in [-0.2, 0) is 14.4 Å². The third-order valence-electron chi connectivity index (χ3n) is 4.68. The Labute approximate surface area is 210 Å². The van der Waals surface area contributed by atoms with E-state index in [1.807, 2.05) is 0 Å². The largest absolute Gasteiger partial charge is 0.619 e. The molecule has 186 valence electrons. The smallest absolute Gasteiger partial charge is 0.314 e. The molecule has 3 aromatic rings. The molecule has 3 N–H and O–H groups in total. The van der Waals surface area contributed by atoms with Crippen LogP contribution in [0.4, 0.5) is 5.82 Å². The molecule has 1 atom stereocenters. The van der Waals surface area contributed by atoms with Crippen molar-refractivity contribution in [3.8, 4) is 11.1 Å². The van der Waals surface area contributed by atoms with Crippen molar-refractivity contribution < 1.29 is 23.9 Å². The standard InChI is InChI=1S/C22H21ClN8O5/c1-30(2)22(35)16(12-27-20(33)21(34)29-17-4-3-15(23)11-24-17)28-19(32)18-25-9-14(10-26-18)13-5-7-31(36)8-6-13/h3-11,16H,12H2,1-2H3,(H,27,33)(H,28,32)(H,24,29,34). The number of pyridine rings is 2. The summed E-state index contributed by atoms with van der Waals surface area (Å²) in [6, 6.07) is 4.83. The van der Waals surface area contributed by atoms with Crippen LogP contribution in [0, 0.1) is 5.21 Å². The monoisotopic (exact) mass is 512 g/mol. The number of carbonyl (C=O) groups is 4. The highest BCUT2D eigenvalue weighted by Crippen LogP contribution is 2.15. The van der Waals surface area contributed by atoms with Gasteiger partial charge in [0.2, 0.25) is 11.7 Å². The minimum absolute atomic E-state index is 0.108. The van der Waals surface area contributed by atoms with Gasteiger partial charge in [-0.25, -0.2) is 15.0 Å². The van der Waals surface area contributed by atoms with Crippen molar-refractivity contribution in [3.63, 3.8) is 0 Å². The maximum atomic E-state index is 12.7. The Balaban J connectivity index is 1.63. The fourth-order valence-electron chi connectivity index (χ4n) is 2.83. The summed E-state index contributed by atoms with van der Waals surface area (Å²) in [4.78, 5) is 62.6. The zero-order chi connectivity index (χ0) is 26.2. The fraction of sp³-hybridized carbons (Fsp3) is 0.182. The minimum atomic E-state index is -1.21. The van der Waals surface area contributed by atoms with Crippen LogP contribution in [0.2, 0.25) is 5.02 Å². The lowest BCUT2D eigenvalue weighted by Gasteiger charge is -2.21. The van der Waals surface area contributed by atoms with E-state index in [1.54, 1.807) is 12.1 Å². The third kappa shape index (κ3) is 6.93. The van der Waals surface area contributed by atoms with Gasteiger partial charge in [-0.15, -0.1) is 0 Å². The van der Waals surface area contributed by atoms with Crippen LogP contribution < -0.4 is 20.7 Å². The van der Waals surface area contributed by atoms with Crippen LogP contribution in [0.5, 0.6) is 0 Å². The number of hydrogen-bond donors (Lipinski definition) is 3. The maximum Gasteiger partial charge on any atom is 0.314 e. The molecule has 0 aliphatic rings. The highest BCUT2D eigenvalue weighted by Gasteiger charge is 2.26. The van der Waals surface area contributed by atoms with Crippen molar-refractivity contribution in [1.29, 1.82) is 0 Å². The van der Waals surface area contributed by atoms with E-state index in [4.69, 9.17) is 11.6 Å². The second kappa shape index (κ2) is 11.7. The number of hydrogen-bond acceptors (Lipinski definition) is 8. The first kappa shape index (κ1) is 26.0. The predicted molar refractivity (Wildman–Crippen MR) is 127 cm³/mol. The molecule has 0 bridgehead atoms. The number of amides is 4. The van der Waals surface area contributed by atoms with Crippen molar-refractivity contribution in [2.24, 2.45) is 0 Å². The second-order valence-electron chi connectivity index (χ2n) is 7.53. The van der Waals surface area contributed by atoms with E-state index in [9.17, 15) is 24.4 Å². The molecule has 1 unspecified atom stereocenters. The molecule has 0 aliphatic heterocycles. The number of anilines is 1. The molecule has 0 spiro atoms. The van der Waals surface area contributed by atoms with Gasteiger partial charge in [0.15, 0.2) is 12.4 Å². The van der Waals surface area contributed by atoms with Crippen molar-refractivity contribution in [2.75, 3.05) is 26.0 Å². The number of nitrogens with one attached hydrogen (secondary N) is 3. The van der Waals surface area contributed by atoms with Gasteiger partial charge in [-0.1, -0.05) is 11.6 Å². The highest BCUT2D eigenvalue weighted by atomic mass is 35.5. The summed E-state index contributed by atoms with van der Waals surface area (Å²) in [6.07, 6.45) is 6.71. The van der Waals surface area contributed by atoms with Crippen molar-refractivity contribution in [1.82, 2.24) is 30.5 Å². The van der Waals surface area contributed by atoms with Gasteiger partial charge < -0.3 is 26.1 Å². The quantitative estimate of drug-likeness (QED) is 0.221. The molecular weight excluding hydrogens is 492 g/mol. The molecule has 0 radical (unpaired) electrons. The van der Waals surface area contributed by atoms with Gasteiger partial charge >= 0.3 is 11.8 Å². The molecule has 3 rings (SSSR count). The number of rotatable bonds is 7. The SMILES string of the molecule is CN(C)C(=O)C(CNC(=O)C(=O)Nc1ccc(Cl)cn1)NC(=O)c1ncc(-c2cc[n+]([O-])cc2)cn1. The van der Waals surface area contributed by atoms with Crippen molar-refractivity contribution >= 4 is 41.0 Å². The first-order valence-electron chi connectivity index (χ1n) is 10.4. The molecule has 14 heteroatoms. The van der Waals surface area contributed by atoms with Gasteiger partial charge in [0.05, 0.1) is 5.02 Å². The first-order valence-corrected chi connectivity index (χ1v) is 10.8. The summed E-state index contributed by atoms with van der Waals surface area (Å²) in [5, 5.41) is 18.6. The average Bonchev–Trinajstić information content (AvgIpc) is 2.87. The van der Waals surface area contributed by atoms with E-state index < -0.39 is 29.7 Å². The molecule has 0 saturated carbocycles. The lowest BCUT2D eigenvalue weighted by atomic mass is 10.1. The van der Waals surface area contributed by atoms with Crippen molar-refractivity contribution in [2.45, 2.75) is 6.04 Å². The van der Waals surface area contributed by atoms with Crippen LogP contribution in [0.15, 0.2) is 55.2 Å². The molecule has 13 nitrogen and oxygen atoms in total. The van der Waals surface area contributed by atoms with E-state index >= 15 is 0 Å². The summed E-state index contributed by atoms with van der Waals surface area (Å²) in [5.41, 5.74) is 1.24. The van der Waals surface area contributed by atoms with E-state index in [0.29, 0.717) is 20.9 Å². The molecule has 3 heterocycles. The van der Waals surface area contributed by atoms with Crippen LogP contribution in [-0.4, -0.2) is 70.2 Å². The summed E-state index contributed by atoms with van der Waals surface area (Å²) in [7, 11) is 2.94. The highest BCUT2D eigenvalue weighted by molar-refractivity contribution is 6.39. The van der Waals surface area contributed by atoms with E-state index in [1.165, 1.54) is 62.1 Å². The Morgan fingerprint density at radius 2 is 1.64 bits per heavy atom. The van der Waals surface area contributed by atoms with Crippen LogP contribution in [0.3, 0.4) is 0 Å². The van der Waals surface area contributed by atoms with Crippen LogP contribution in [0.25, 0.3) is 11.1 Å². The molecule has 0 aliphatic carbocycles. The molecule has 3 aromatic heterocycles. The Kier molecular flexibility index (Phi) is 8.41. The van der Waals surface area contributed by atoms with E-state index in [-0.39, 0.29) is 18.2 Å². The summed E-state index contributed by atoms with van der Waals surface area (Å²) in [6.45, 7) is -0.375. The first-order chi connectivity index (χ1) is 17.1. The topological polar surface area (TPSA) is 173 Å². The molecule has 4 amide bonds. The predicted octanol–water partition coefficient (Wildman–Crippen LogP) is -0.233. The van der Waals surface area contributed by atoms with Gasteiger partial charge in [0.25, 0.3) is 5.91 Å². The van der Waals surface area contributed by atoms with E-state index in [0.717, 1.165) is 0 Å². The number of carbonyl (C=O) groups excluding carboxylic acids is 4. The van der Waals surface area contributed by atoms with Gasteiger partial charge in [-0.05, 0) is 17.7 Å². The molecule has 0 saturated heterocycles. The lowest BCUT2D eigenvalue weighted by Crippen LogP contribution is -2.53. The normalized spacial score (nSPS) is 11.2. The zero-order valence-corrected chi connectivity index (χ0v) is 19.9. The average molecular weight is 513 g/mol. The van der Waals surface area contributed by atoms with Crippen LogP contribution >= 0.6 is 11.6 Å². The van der Waals surface area contributed by atoms with E-state index in [2.05, 4.69) is 30.9 Å². The fourth-order valence-corrected chi connectivity index (χ4v) is 2.94. The minimum Gasteiger partial charge on any atom is -0.619 e. The van der Waals surface area contributed by atoms with Gasteiger partial charge in [-0.3, -0.25) is 19.2 Å². The maximum absolute atomic E-state index is 12.7. The number of aromatic nitrogens is 4. The summed E-state index contributed by atoms with van der Waals surface area (Å²) < 4.78 is 0.630. The Hall–Kier alpha value is -4.65. The zero-order valence-electron chi connectivity index (χ0n) is 19.1. The van der Waals surface area contributed by atoms with Crippen molar-refractivity contribution in [3.05, 3.63) is 71.3 Å². The second-order valence-corrected chi connectivity index (χ2v) is 7.96. The third-order valence-corrected chi connectivity index (χ3v) is 4.90. The van der Waals surface area contributed by atoms with Gasteiger partial charge in [0.1, 0.15) is 11.9 Å². The number of halogens is 1. The molecule has 0 fully saturated rings. The lowest BCUT2D eigenvalue weighted by molar-refractivity contribution is -0.605. The molecule has 0 aromatic carbocycles. The Bertz CT molecular complexity index is 1250. The number of nitrogens with zero attached hydrogens (tertiary/aromatic N) is 5. The Morgan fingerprint density at radius 1 is 0.972 bits per heavy atom. The van der Waals surface area contributed by atoms with Gasteiger partial charge in [0, 0.05) is 56.9 Å². The Morgan fingerprint density at radius 3 is 2.22 bits per heavy atom. The van der Waals surface area contributed by atoms with Gasteiger partial charge in [-0.2, -0.15) is 4.73 Å². The molecular formula is C22H21ClN8O5.